The van der Waals surface area contributed by atoms with E-state index in [4.69, 9.17) is 19.6 Å². The maximum atomic E-state index is 10.6. The van der Waals surface area contributed by atoms with Gasteiger partial charge in [-0.1, -0.05) is 61.7 Å². The Morgan fingerprint density at radius 3 is 2.44 bits per heavy atom. The van der Waals surface area contributed by atoms with Gasteiger partial charge in [-0.3, -0.25) is 4.40 Å². The number of benzene rings is 2. The van der Waals surface area contributed by atoms with E-state index in [9.17, 15) is 13.2 Å². The van der Waals surface area contributed by atoms with Crippen LogP contribution in [0, 0.1) is 0 Å². The molecule has 4 aromatic rings. The molecule has 1 aliphatic rings. The minimum atomic E-state index is -5.08. The lowest BCUT2D eigenvalue weighted by Crippen LogP contribution is -2.21. The number of carboxylic acids is 1. The molecule has 1 saturated carbocycles. The van der Waals surface area contributed by atoms with Crippen molar-refractivity contribution in [3.63, 3.8) is 0 Å². The molecule has 0 aliphatic heterocycles. The Kier molecular flexibility index (Phi) is 9.40. The molecule has 0 saturated heterocycles. The number of imidazole rings is 1. The second kappa shape index (κ2) is 12.9. The summed E-state index contributed by atoms with van der Waals surface area (Å²) in [6.07, 6.45) is 3.64. The second-order valence-electron chi connectivity index (χ2n) is 9.12. The maximum absolute atomic E-state index is 10.6. The number of thioether (sulfide) groups is 1. The third-order valence-corrected chi connectivity index (χ3v) is 7.75. The Bertz CT molecular complexity index is 1390. The molecular formula is C29H30F3N3O3S. The van der Waals surface area contributed by atoms with Gasteiger partial charge in [0.05, 0.1) is 7.11 Å². The van der Waals surface area contributed by atoms with Crippen LogP contribution in [0.4, 0.5) is 19.0 Å². The first-order valence-electron chi connectivity index (χ1n) is 12.7. The van der Waals surface area contributed by atoms with Crippen LogP contribution in [0.1, 0.15) is 37.7 Å². The topological polar surface area (TPSA) is 75.9 Å². The summed E-state index contributed by atoms with van der Waals surface area (Å²) >= 11 is 1.97. The molecule has 0 amide bonds. The Balaban J connectivity index is 0.000000448. The zero-order valence-electron chi connectivity index (χ0n) is 21.4. The number of halogens is 3. The molecule has 2 aromatic heterocycles. The zero-order valence-corrected chi connectivity index (χ0v) is 22.3. The van der Waals surface area contributed by atoms with Crippen molar-refractivity contribution in [3.8, 4) is 17.0 Å². The Morgan fingerprint density at radius 2 is 1.77 bits per heavy atom. The van der Waals surface area contributed by atoms with Crippen LogP contribution in [0.15, 0.2) is 77.8 Å². The summed E-state index contributed by atoms with van der Waals surface area (Å²) < 4.78 is 39.7. The fraction of sp³-hybridized carbons (Fsp3) is 0.310. The van der Waals surface area contributed by atoms with Crippen LogP contribution >= 0.6 is 11.8 Å². The van der Waals surface area contributed by atoms with Gasteiger partial charge in [0.15, 0.2) is 0 Å². The number of pyridine rings is 1. The van der Waals surface area contributed by atoms with E-state index >= 15 is 0 Å². The maximum Gasteiger partial charge on any atom is 0.490 e. The van der Waals surface area contributed by atoms with E-state index < -0.39 is 12.1 Å². The van der Waals surface area contributed by atoms with Gasteiger partial charge < -0.3 is 15.2 Å². The standard InChI is InChI=1S/C27H29N3OS.C2HF3O2/c1-31-23-18-21(15-16-24(23)32-22-12-6-3-7-13-22)26-27(28-19-20-10-4-2-5-11-20)30-17-9-8-14-25(30)29-26;3-2(4,5)1(6)7/h2,4-5,8-11,14-18,22,28H,3,6-7,12-13,19H2,1H3;(H,6,7). The van der Waals surface area contributed by atoms with Crippen LogP contribution in [0.25, 0.3) is 16.9 Å². The number of hydrogen-bond acceptors (Lipinski definition) is 5. The van der Waals surface area contributed by atoms with Gasteiger partial charge in [-0.15, -0.1) is 11.8 Å². The number of carbonyl (C=O) groups is 1. The van der Waals surface area contributed by atoms with Crippen molar-refractivity contribution in [2.75, 3.05) is 12.4 Å². The molecule has 0 atom stereocenters. The molecule has 5 rings (SSSR count). The summed E-state index contributed by atoms with van der Waals surface area (Å²) in [5.41, 5.74) is 4.17. The van der Waals surface area contributed by atoms with Crippen molar-refractivity contribution in [3.05, 3.63) is 78.5 Å². The highest BCUT2D eigenvalue weighted by atomic mass is 32.2. The number of methoxy groups -OCH3 is 1. The van der Waals surface area contributed by atoms with Gasteiger partial charge in [0.25, 0.3) is 0 Å². The molecule has 1 aliphatic carbocycles. The van der Waals surface area contributed by atoms with Crippen molar-refractivity contribution in [2.24, 2.45) is 0 Å². The predicted molar refractivity (Wildman–Crippen MR) is 147 cm³/mol. The largest absolute Gasteiger partial charge is 0.496 e. The average molecular weight is 558 g/mol. The molecule has 1 fully saturated rings. The number of aliphatic carboxylic acids is 1. The van der Waals surface area contributed by atoms with E-state index in [1.807, 2.05) is 36.0 Å². The normalized spacial score (nSPS) is 13.9. The Labute approximate surface area is 229 Å². The summed E-state index contributed by atoms with van der Waals surface area (Å²) in [6.45, 7) is 0.739. The number of nitrogens with one attached hydrogen (secondary N) is 1. The summed E-state index contributed by atoms with van der Waals surface area (Å²) in [6, 6.07) is 23.1. The van der Waals surface area contributed by atoms with Crippen LogP contribution < -0.4 is 10.1 Å². The Hall–Kier alpha value is -3.66. The van der Waals surface area contributed by atoms with Crippen LogP contribution in [0.3, 0.4) is 0 Å². The number of hydrogen-bond donors (Lipinski definition) is 2. The molecule has 206 valence electrons. The van der Waals surface area contributed by atoms with Crippen molar-refractivity contribution in [1.82, 2.24) is 9.38 Å². The minimum absolute atomic E-state index is 0.696. The number of rotatable bonds is 7. The highest BCUT2D eigenvalue weighted by molar-refractivity contribution is 8.00. The van der Waals surface area contributed by atoms with Crippen LogP contribution in [0.5, 0.6) is 5.75 Å². The fourth-order valence-corrected chi connectivity index (χ4v) is 5.76. The van der Waals surface area contributed by atoms with Crippen molar-refractivity contribution in [2.45, 2.75) is 55.0 Å². The molecular weight excluding hydrogens is 527 g/mol. The minimum Gasteiger partial charge on any atom is -0.496 e. The second-order valence-corrected chi connectivity index (χ2v) is 10.5. The monoisotopic (exact) mass is 557 g/mol. The first-order valence-corrected chi connectivity index (χ1v) is 13.5. The van der Waals surface area contributed by atoms with Crippen molar-refractivity contribution < 1.29 is 27.8 Å². The van der Waals surface area contributed by atoms with E-state index in [1.165, 1.54) is 42.6 Å². The van der Waals surface area contributed by atoms with Gasteiger partial charge >= 0.3 is 12.1 Å². The lowest BCUT2D eigenvalue weighted by atomic mass is 10.0. The number of alkyl halides is 3. The highest BCUT2D eigenvalue weighted by Gasteiger charge is 2.38. The van der Waals surface area contributed by atoms with Crippen LogP contribution in [0.2, 0.25) is 0 Å². The van der Waals surface area contributed by atoms with Crippen molar-refractivity contribution >= 4 is 29.2 Å². The first kappa shape index (κ1) is 28.4. The molecule has 39 heavy (non-hydrogen) atoms. The number of ether oxygens (including phenoxy) is 1. The fourth-order valence-electron chi connectivity index (χ4n) is 4.42. The quantitative estimate of drug-likeness (QED) is 0.243. The van der Waals surface area contributed by atoms with Crippen molar-refractivity contribution in [1.29, 1.82) is 0 Å². The Morgan fingerprint density at radius 1 is 1.08 bits per heavy atom. The smallest absolute Gasteiger partial charge is 0.490 e. The molecule has 2 N–H and O–H groups in total. The van der Waals surface area contributed by atoms with Gasteiger partial charge in [-0.2, -0.15) is 13.2 Å². The molecule has 0 bridgehead atoms. The molecule has 0 radical (unpaired) electrons. The van der Waals surface area contributed by atoms with Gasteiger partial charge in [0, 0.05) is 28.5 Å². The van der Waals surface area contributed by atoms with Gasteiger partial charge in [-0.25, -0.2) is 9.78 Å². The SMILES string of the molecule is COc1cc(-c2nc3ccccn3c2NCc2ccccc2)ccc1SC1CCCCC1.O=C(O)C(F)(F)F. The average Bonchev–Trinajstić information content (AvgIpc) is 3.31. The lowest BCUT2D eigenvalue weighted by molar-refractivity contribution is -0.192. The molecule has 6 nitrogen and oxygen atoms in total. The highest BCUT2D eigenvalue weighted by Crippen LogP contribution is 2.41. The summed E-state index contributed by atoms with van der Waals surface area (Å²) in [5.74, 6) is -0.823. The molecule has 2 aromatic carbocycles. The molecule has 2 heterocycles. The molecule has 0 unspecified atom stereocenters. The number of nitrogens with zero attached hydrogens (tertiary/aromatic N) is 2. The number of anilines is 1. The summed E-state index contributed by atoms with van der Waals surface area (Å²) in [7, 11) is 1.77. The van der Waals surface area contributed by atoms with Gasteiger partial charge in [0.1, 0.15) is 22.9 Å². The molecule has 0 spiro atoms. The lowest BCUT2D eigenvalue weighted by Gasteiger charge is -2.22. The number of carboxylic acid groups (broad SMARTS) is 1. The van der Waals surface area contributed by atoms with E-state index in [2.05, 4.69) is 58.4 Å². The van der Waals surface area contributed by atoms with E-state index in [0.29, 0.717) is 5.25 Å². The third kappa shape index (κ3) is 7.47. The van der Waals surface area contributed by atoms with E-state index in [1.54, 1.807) is 7.11 Å². The third-order valence-electron chi connectivity index (χ3n) is 6.36. The van der Waals surface area contributed by atoms with Gasteiger partial charge in [0.2, 0.25) is 0 Å². The predicted octanol–water partition coefficient (Wildman–Crippen LogP) is 7.68. The van der Waals surface area contributed by atoms with E-state index in [0.717, 1.165) is 35.0 Å². The van der Waals surface area contributed by atoms with Crippen LogP contribution in [-0.2, 0) is 11.3 Å². The number of aromatic nitrogens is 2. The van der Waals surface area contributed by atoms with Gasteiger partial charge in [-0.05, 0) is 42.7 Å². The number of fused-ring (bicyclic) bond motifs is 1. The summed E-state index contributed by atoms with van der Waals surface area (Å²) in [5, 5.41) is 11.4. The zero-order chi connectivity index (χ0) is 27.8. The first-order chi connectivity index (χ1) is 18.8. The van der Waals surface area contributed by atoms with E-state index in [-0.39, 0.29) is 0 Å². The van der Waals surface area contributed by atoms with Crippen LogP contribution in [-0.4, -0.2) is 39.0 Å². The summed E-state index contributed by atoms with van der Waals surface area (Å²) in [4.78, 5) is 15.1. The molecule has 10 heteroatoms.